The third-order valence-electron chi connectivity index (χ3n) is 9.02. The molecule has 0 radical (unpaired) electrons. The Morgan fingerprint density at radius 3 is 2.44 bits per heavy atom. The lowest BCUT2D eigenvalue weighted by molar-refractivity contribution is 0.229. The smallest absolute Gasteiger partial charge is 0.232 e. The Morgan fingerprint density at radius 2 is 1.76 bits per heavy atom. The van der Waals surface area contributed by atoms with Gasteiger partial charge in [0.2, 0.25) is 10.0 Å². The maximum absolute atomic E-state index is 12.5. The van der Waals surface area contributed by atoms with Gasteiger partial charge in [0.05, 0.1) is 17.1 Å². The van der Waals surface area contributed by atoms with E-state index in [9.17, 15) is 17.2 Å². The number of sulfonamides is 1. The fourth-order valence-corrected chi connectivity index (χ4v) is 7.73. The first-order valence-corrected chi connectivity index (χ1v) is 18.1. The van der Waals surface area contributed by atoms with Gasteiger partial charge in [0, 0.05) is 64.5 Å². The first kappa shape index (κ1) is 30.3. The number of piperidine rings is 1. The molecule has 2 fully saturated rings. The number of aryl methyl sites for hydroxylation is 1. The quantitative estimate of drug-likeness (QED) is 0.305. The molecular formula is C30H44N5O4S2-. The molecule has 1 aromatic carbocycles. The number of fused-ring (bicyclic) bond motifs is 1. The van der Waals surface area contributed by atoms with Crippen molar-refractivity contribution in [2.24, 2.45) is 0 Å². The Morgan fingerprint density at radius 1 is 1.02 bits per heavy atom. The van der Waals surface area contributed by atoms with Crippen molar-refractivity contribution in [1.29, 1.82) is 0 Å². The van der Waals surface area contributed by atoms with Crippen LogP contribution < -0.4 is 14.8 Å². The Kier molecular flexibility index (Phi) is 9.89. The second-order valence-electron chi connectivity index (χ2n) is 11.7. The van der Waals surface area contributed by atoms with Crippen molar-refractivity contribution >= 4 is 38.4 Å². The molecule has 3 N–H and O–H groups in total. The van der Waals surface area contributed by atoms with Gasteiger partial charge in [0.1, 0.15) is 0 Å². The molecule has 0 amide bonds. The molecule has 0 bridgehead atoms. The number of rotatable bonds is 10. The molecule has 1 atom stereocenters. The van der Waals surface area contributed by atoms with Crippen LogP contribution in [0.4, 0.5) is 17.1 Å². The van der Waals surface area contributed by atoms with Crippen LogP contribution in [0.1, 0.15) is 94.5 Å². The van der Waals surface area contributed by atoms with E-state index < -0.39 is 21.3 Å². The van der Waals surface area contributed by atoms with E-state index in [1.807, 2.05) is 12.1 Å². The van der Waals surface area contributed by atoms with Crippen molar-refractivity contribution < 1.29 is 17.2 Å². The summed E-state index contributed by atoms with van der Waals surface area (Å²) in [4.78, 5) is 7.61. The number of hydrogen-bond donors (Lipinski definition) is 3. The van der Waals surface area contributed by atoms with Gasteiger partial charge in [-0.1, -0.05) is 26.2 Å². The highest BCUT2D eigenvalue weighted by Crippen LogP contribution is 2.47. The summed E-state index contributed by atoms with van der Waals surface area (Å²) in [6.07, 6.45) is 11.1. The van der Waals surface area contributed by atoms with E-state index in [2.05, 4.69) is 26.6 Å². The number of anilines is 3. The molecule has 41 heavy (non-hydrogen) atoms. The van der Waals surface area contributed by atoms with E-state index in [-0.39, 0.29) is 17.7 Å². The lowest BCUT2D eigenvalue weighted by atomic mass is 9.81. The Balaban J connectivity index is 1.68. The number of pyridine rings is 1. The van der Waals surface area contributed by atoms with Crippen molar-refractivity contribution in [2.45, 2.75) is 96.4 Å². The van der Waals surface area contributed by atoms with Crippen LogP contribution >= 0.6 is 0 Å². The third-order valence-corrected chi connectivity index (χ3v) is 10.7. The largest absolute Gasteiger partial charge is 0.755 e. The summed E-state index contributed by atoms with van der Waals surface area (Å²) >= 11 is -2.53. The normalized spacial score (nSPS) is 19.9. The Bertz CT molecular complexity index is 1350. The second-order valence-corrected chi connectivity index (χ2v) is 14.4. The highest BCUT2D eigenvalue weighted by Gasteiger charge is 2.30. The topological polar surface area (TPSA) is 126 Å². The average molecular weight is 603 g/mol. The van der Waals surface area contributed by atoms with Crippen LogP contribution in [0, 0.1) is 0 Å². The Hall–Kier alpha value is -2.21. The lowest BCUT2D eigenvalue weighted by Crippen LogP contribution is -2.38. The molecule has 1 saturated carbocycles. The minimum absolute atomic E-state index is 0.0310. The van der Waals surface area contributed by atoms with Crippen LogP contribution in [0.5, 0.6) is 0 Å². The van der Waals surface area contributed by atoms with E-state index >= 15 is 0 Å². The minimum Gasteiger partial charge on any atom is -0.755 e. The number of benzene rings is 1. The van der Waals surface area contributed by atoms with Crippen LogP contribution in [0.25, 0.3) is 11.1 Å². The van der Waals surface area contributed by atoms with E-state index in [4.69, 9.17) is 4.98 Å². The fraction of sp³-hybridized carbons (Fsp3) is 0.633. The van der Waals surface area contributed by atoms with E-state index in [0.29, 0.717) is 11.4 Å². The van der Waals surface area contributed by atoms with E-state index in [0.717, 1.165) is 118 Å². The van der Waals surface area contributed by atoms with Crippen molar-refractivity contribution in [3.8, 4) is 11.1 Å². The molecule has 1 unspecified atom stereocenters. The molecule has 0 spiro atoms. The molecule has 3 aliphatic rings. The molecule has 1 saturated heterocycles. The van der Waals surface area contributed by atoms with Gasteiger partial charge in [-0.25, -0.2) is 8.42 Å². The summed E-state index contributed by atoms with van der Waals surface area (Å²) in [5.41, 5.74) is 6.57. The first-order chi connectivity index (χ1) is 19.8. The predicted molar refractivity (Wildman–Crippen MR) is 167 cm³/mol. The molecule has 2 aromatic rings. The highest BCUT2D eigenvalue weighted by atomic mass is 32.2. The van der Waals surface area contributed by atoms with Crippen LogP contribution in [0.3, 0.4) is 0 Å². The maximum atomic E-state index is 12.5. The first-order valence-electron chi connectivity index (χ1n) is 15.3. The van der Waals surface area contributed by atoms with E-state index in [1.54, 1.807) is 13.0 Å². The molecule has 1 aromatic heterocycles. The molecule has 2 aliphatic carbocycles. The summed E-state index contributed by atoms with van der Waals surface area (Å²) in [7, 11) is -3.49. The number of nitrogens with zero attached hydrogens (tertiary/aromatic N) is 2. The van der Waals surface area contributed by atoms with Crippen LogP contribution in [0.15, 0.2) is 18.2 Å². The minimum atomic E-state index is -3.49. The van der Waals surface area contributed by atoms with Crippen molar-refractivity contribution in [3.63, 3.8) is 0 Å². The molecule has 5 rings (SSSR count). The van der Waals surface area contributed by atoms with Gasteiger partial charge in [0.25, 0.3) is 0 Å². The van der Waals surface area contributed by atoms with Crippen molar-refractivity contribution in [3.05, 3.63) is 35.2 Å². The third kappa shape index (κ3) is 7.24. The molecule has 226 valence electrons. The van der Waals surface area contributed by atoms with Gasteiger partial charge in [-0.2, -0.15) is 0 Å². The van der Waals surface area contributed by atoms with Gasteiger partial charge < -0.3 is 19.5 Å². The summed E-state index contributed by atoms with van der Waals surface area (Å²) in [5.74, 6) is 0.161. The number of hydrogen-bond acceptors (Lipinski definition) is 7. The zero-order valence-electron chi connectivity index (χ0n) is 24.3. The van der Waals surface area contributed by atoms with Gasteiger partial charge in [-0.05, 0) is 88.6 Å². The van der Waals surface area contributed by atoms with Crippen LogP contribution in [0.2, 0.25) is 0 Å². The summed E-state index contributed by atoms with van der Waals surface area (Å²) in [6, 6.07) is 5.90. The monoisotopic (exact) mass is 602 g/mol. The molecule has 11 heteroatoms. The van der Waals surface area contributed by atoms with Crippen LogP contribution in [-0.4, -0.2) is 58.5 Å². The second kappa shape index (κ2) is 13.4. The standard InChI is InChI=1S/C30H45N5O4S2/c1-3-35-18-16-22(17-19-35)31-27-15-14-23(34-41(38,39)4-2)20-25(27)28-24-12-8-9-13-26(24)32-29(30(28)33-40(36)37)21-10-6-5-7-11-21/h14-15,20-22,31,33-34H,3-13,16-19H2,1-2H3,(H,36,37)/p-1. The average Bonchev–Trinajstić information content (AvgIpc) is 2.98. The van der Waals surface area contributed by atoms with Gasteiger partial charge in [0.15, 0.2) is 0 Å². The predicted octanol–water partition coefficient (Wildman–Crippen LogP) is 5.54. The summed E-state index contributed by atoms with van der Waals surface area (Å²) in [6.45, 7) is 6.89. The number of aromatic nitrogens is 1. The number of likely N-dealkylation sites (tertiary alicyclic amines) is 1. The summed E-state index contributed by atoms with van der Waals surface area (Å²) in [5, 5.41) is 3.78. The van der Waals surface area contributed by atoms with Crippen molar-refractivity contribution in [1.82, 2.24) is 9.88 Å². The lowest BCUT2D eigenvalue weighted by Gasteiger charge is -2.33. The van der Waals surface area contributed by atoms with Gasteiger partial charge in [-0.15, -0.1) is 0 Å². The number of nitrogens with one attached hydrogen (secondary N) is 3. The molecule has 1 aliphatic heterocycles. The molecule has 2 heterocycles. The molecule has 9 nitrogen and oxygen atoms in total. The zero-order chi connectivity index (χ0) is 29.0. The van der Waals surface area contributed by atoms with Crippen LogP contribution in [-0.2, 0) is 34.1 Å². The summed E-state index contributed by atoms with van der Waals surface area (Å²) < 4.78 is 55.1. The molecular weight excluding hydrogens is 558 g/mol. The van der Waals surface area contributed by atoms with Gasteiger partial charge in [-0.3, -0.25) is 13.9 Å². The zero-order valence-corrected chi connectivity index (χ0v) is 26.0. The SMILES string of the molecule is CCN1CCC(Nc2ccc(NS(=O)(=O)CC)cc2-c2c3c(nc(C4CCCCC4)c2NS(=O)[O-])CCCC3)CC1. The maximum Gasteiger partial charge on any atom is 0.232 e. The van der Waals surface area contributed by atoms with Crippen molar-refractivity contribution in [2.75, 3.05) is 40.1 Å². The Labute approximate surface area is 247 Å². The fourth-order valence-electron chi connectivity index (χ4n) is 6.72. The van der Waals surface area contributed by atoms with E-state index in [1.165, 1.54) is 6.42 Å². The highest BCUT2D eigenvalue weighted by molar-refractivity contribution is 7.92. The van der Waals surface area contributed by atoms with Gasteiger partial charge >= 0.3 is 0 Å².